The Labute approximate surface area is 192 Å². The predicted octanol–water partition coefficient (Wildman–Crippen LogP) is 3.17. The van der Waals surface area contributed by atoms with Gasteiger partial charge in [0.1, 0.15) is 5.76 Å². The van der Waals surface area contributed by atoms with E-state index in [1.54, 1.807) is 12.1 Å². The van der Waals surface area contributed by atoms with Crippen molar-refractivity contribution in [3.8, 4) is 0 Å². The molecular formula is C23H17N3O8. The van der Waals surface area contributed by atoms with Crippen LogP contribution in [-0.2, 0) is 16.1 Å². The molecule has 11 nitrogen and oxygen atoms in total. The van der Waals surface area contributed by atoms with Gasteiger partial charge in [-0.15, -0.1) is 0 Å². The predicted molar refractivity (Wildman–Crippen MR) is 116 cm³/mol. The van der Waals surface area contributed by atoms with Crippen molar-refractivity contribution in [1.29, 1.82) is 0 Å². The van der Waals surface area contributed by atoms with Crippen LogP contribution in [-0.4, -0.2) is 39.6 Å². The summed E-state index contributed by atoms with van der Waals surface area (Å²) < 4.78 is 10.4. The molecule has 11 heteroatoms. The number of carbonyl (C=O) groups is 4. The van der Waals surface area contributed by atoms with Crippen LogP contribution in [0, 0.1) is 10.1 Å². The number of non-ortho nitro benzene ring substituents is 1. The van der Waals surface area contributed by atoms with Crippen molar-refractivity contribution in [3.63, 3.8) is 0 Å². The fraction of sp³-hybridized carbons (Fsp3) is 0.130. The van der Waals surface area contributed by atoms with Crippen LogP contribution in [0.15, 0.2) is 65.3 Å². The van der Waals surface area contributed by atoms with E-state index in [2.05, 4.69) is 5.32 Å². The third-order valence-corrected chi connectivity index (χ3v) is 5.10. The number of rotatable bonds is 7. The van der Waals surface area contributed by atoms with E-state index in [-0.39, 0.29) is 34.6 Å². The van der Waals surface area contributed by atoms with Crippen LogP contribution >= 0.6 is 0 Å². The van der Waals surface area contributed by atoms with Crippen molar-refractivity contribution in [2.75, 3.05) is 5.32 Å². The second-order valence-corrected chi connectivity index (χ2v) is 7.38. The van der Waals surface area contributed by atoms with Crippen molar-refractivity contribution >= 4 is 35.1 Å². The molecule has 1 aliphatic heterocycles. The zero-order valence-corrected chi connectivity index (χ0v) is 17.7. The van der Waals surface area contributed by atoms with E-state index in [9.17, 15) is 29.3 Å². The summed E-state index contributed by atoms with van der Waals surface area (Å²) in [7, 11) is 0. The number of esters is 1. The Morgan fingerprint density at radius 2 is 1.79 bits per heavy atom. The summed E-state index contributed by atoms with van der Waals surface area (Å²) in [6, 6.07) is 12.4. The Morgan fingerprint density at radius 3 is 2.44 bits per heavy atom. The zero-order valence-electron chi connectivity index (χ0n) is 17.7. The first-order chi connectivity index (χ1) is 16.2. The number of ether oxygens (including phenoxy) is 1. The van der Waals surface area contributed by atoms with E-state index in [1.807, 2.05) is 0 Å². The molecular weight excluding hydrogens is 446 g/mol. The van der Waals surface area contributed by atoms with E-state index >= 15 is 0 Å². The van der Waals surface area contributed by atoms with E-state index in [0.717, 1.165) is 4.90 Å². The van der Waals surface area contributed by atoms with E-state index in [0.29, 0.717) is 5.76 Å². The smallest absolute Gasteiger partial charge is 0.338 e. The van der Waals surface area contributed by atoms with Crippen molar-refractivity contribution in [2.24, 2.45) is 0 Å². The maximum Gasteiger partial charge on any atom is 0.338 e. The molecule has 0 fully saturated rings. The Bertz CT molecular complexity index is 1300. The van der Waals surface area contributed by atoms with Gasteiger partial charge in [0.25, 0.3) is 23.4 Å². The third-order valence-electron chi connectivity index (χ3n) is 5.10. The Morgan fingerprint density at radius 1 is 1.09 bits per heavy atom. The van der Waals surface area contributed by atoms with Gasteiger partial charge in [-0.25, -0.2) is 4.79 Å². The number of nitrogens with zero attached hydrogens (tertiary/aromatic N) is 2. The molecule has 3 amide bonds. The van der Waals surface area contributed by atoms with Gasteiger partial charge in [-0.2, -0.15) is 0 Å². The molecule has 0 radical (unpaired) electrons. The highest BCUT2D eigenvalue weighted by Crippen LogP contribution is 2.26. The number of nitrogens with one attached hydrogen (secondary N) is 1. The molecule has 1 unspecified atom stereocenters. The van der Waals surface area contributed by atoms with Crippen LogP contribution in [0.3, 0.4) is 0 Å². The first-order valence-corrected chi connectivity index (χ1v) is 10.0. The molecule has 0 saturated heterocycles. The van der Waals surface area contributed by atoms with Gasteiger partial charge < -0.3 is 14.5 Å². The van der Waals surface area contributed by atoms with Gasteiger partial charge in [-0.1, -0.05) is 0 Å². The fourth-order valence-corrected chi connectivity index (χ4v) is 3.31. The summed E-state index contributed by atoms with van der Waals surface area (Å²) in [5.74, 6) is -2.16. The van der Waals surface area contributed by atoms with E-state index in [1.165, 1.54) is 55.7 Å². The zero-order chi connectivity index (χ0) is 24.4. The minimum Gasteiger partial charge on any atom is -0.467 e. The number of furan rings is 1. The number of hydrogen-bond donors (Lipinski definition) is 1. The number of nitro benzene ring substituents is 1. The molecule has 172 valence electrons. The number of amides is 3. The van der Waals surface area contributed by atoms with Crippen LogP contribution in [0.4, 0.5) is 11.4 Å². The molecule has 4 rings (SSSR count). The Hall–Kier alpha value is -4.80. The van der Waals surface area contributed by atoms with Crippen LogP contribution in [0.5, 0.6) is 0 Å². The number of anilines is 1. The summed E-state index contributed by atoms with van der Waals surface area (Å²) >= 11 is 0. The summed E-state index contributed by atoms with van der Waals surface area (Å²) in [6.45, 7) is 1.31. The van der Waals surface area contributed by atoms with Crippen molar-refractivity contribution in [3.05, 3.63) is 93.4 Å². The lowest BCUT2D eigenvalue weighted by Crippen LogP contribution is -2.30. The van der Waals surface area contributed by atoms with Crippen molar-refractivity contribution in [1.82, 2.24) is 4.90 Å². The average Bonchev–Trinajstić information content (AvgIpc) is 3.42. The Kier molecular flexibility index (Phi) is 5.92. The molecule has 1 aliphatic rings. The molecule has 2 heterocycles. The van der Waals surface area contributed by atoms with Gasteiger partial charge in [0.15, 0.2) is 6.10 Å². The minimum atomic E-state index is -1.20. The first-order valence-electron chi connectivity index (χ1n) is 10.0. The third kappa shape index (κ3) is 4.39. The molecule has 0 spiro atoms. The second-order valence-electron chi connectivity index (χ2n) is 7.38. The maximum absolute atomic E-state index is 12.7. The van der Waals surface area contributed by atoms with Gasteiger partial charge in [0, 0.05) is 17.8 Å². The molecule has 2 aromatic carbocycles. The molecule has 1 N–H and O–H groups in total. The van der Waals surface area contributed by atoms with Gasteiger partial charge in [0.2, 0.25) is 0 Å². The average molecular weight is 463 g/mol. The van der Waals surface area contributed by atoms with Crippen molar-refractivity contribution in [2.45, 2.75) is 19.6 Å². The van der Waals surface area contributed by atoms with Crippen LogP contribution in [0.1, 0.15) is 43.8 Å². The highest BCUT2D eigenvalue weighted by Gasteiger charge is 2.36. The van der Waals surface area contributed by atoms with Crippen molar-refractivity contribution < 1.29 is 33.3 Å². The maximum atomic E-state index is 12.7. The minimum absolute atomic E-state index is 0.00488. The van der Waals surface area contributed by atoms with E-state index < -0.39 is 34.7 Å². The summed E-state index contributed by atoms with van der Waals surface area (Å²) in [5, 5.41) is 13.2. The summed E-state index contributed by atoms with van der Waals surface area (Å²) in [5.41, 5.74) is 0.349. The lowest BCUT2D eigenvalue weighted by Gasteiger charge is -2.13. The molecule has 1 atom stereocenters. The SMILES string of the molecule is CC(OC(=O)c1ccc2c(c1)C(=O)N(Cc1ccco1)C2=O)C(=O)Nc1ccc([N+](=O)[O-])cc1. The first kappa shape index (κ1) is 22.4. The molecule has 0 saturated carbocycles. The molecule has 3 aromatic rings. The fourth-order valence-electron chi connectivity index (χ4n) is 3.31. The molecule has 34 heavy (non-hydrogen) atoms. The number of imide groups is 1. The van der Waals surface area contributed by atoms with Gasteiger partial charge in [0.05, 0.1) is 34.4 Å². The standard InChI is InChI=1S/C23H17N3O8/c1-13(20(27)24-15-5-7-16(8-6-15)26(31)32)34-23(30)14-4-9-18-19(11-14)22(29)25(21(18)28)12-17-3-2-10-33-17/h2-11,13H,12H2,1H3,(H,24,27). The molecule has 0 bridgehead atoms. The number of fused-ring (bicyclic) bond motifs is 1. The topological polar surface area (TPSA) is 149 Å². The van der Waals surface area contributed by atoms with E-state index in [4.69, 9.17) is 9.15 Å². The number of benzene rings is 2. The van der Waals surface area contributed by atoms with Gasteiger partial charge in [-0.3, -0.25) is 29.4 Å². The summed E-state index contributed by atoms with van der Waals surface area (Å²) in [6.07, 6.45) is 0.226. The number of hydrogen-bond acceptors (Lipinski definition) is 8. The van der Waals surface area contributed by atoms with Gasteiger partial charge in [-0.05, 0) is 49.4 Å². The van der Waals surface area contributed by atoms with Crippen LogP contribution < -0.4 is 5.32 Å². The van der Waals surface area contributed by atoms with Crippen LogP contribution in [0.2, 0.25) is 0 Å². The lowest BCUT2D eigenvalue weighted by molar-refractivity contribution is -0.384. The second kappa shape index (κ2) is 8.98. The quantitative estimate of drug-likeness (QED) is 0.243. The monoisotopic (exact) mass is 463 g/mol. The largest absolute Gasteiger partial charge is 0.467 e. The highest BCUT2D eigenvalue weighted by molar-refractivity contribution is 6.21. The van der Waals surface area contributed by atoms with Crippen LogP contribution in [0.25, 0.3) is 0 Å². The Balaban J connectivity index is 1.41. The van der Waals surface area contributed by atoms with Gasteiger partial charge >= 0.3 is 5.97 Å². The lowest BCUT2D eigenvalue weighted by atomic mass is 10.1. The molecule has 1 aromatic heterocycles. The number of carbonyl (C=O) groups excluding carboxylic acids is 4. The molecule has 0 aliphatic carbocycles. The normalized spacial score (nSPS) is 13.4. The highest BCUT2D eigenvalue weighted by atomic mass is 16.6. The number of nitro groups is 1. The summed E-state index contributed by atoms with van der Waals surface area (Å²) in [4.78, 5) is 61.3.